The number of nitrogens with zero attached hydrogens (tertiary/aromatic N) is 5. The van der Waals surface area contributed by atoms with Crippen molar-refractivity contribution in [2.45, 2.75) is 5.54 Å². The van der Waals surface area contributed by atoms with E-state index in [0.29, 0.717) is 33.2 Å². The topological polar surface area (TPSA) is 113 Å². The number of benzene rings is 5. The van der Waals surface area contributed by atoms with E-state index >= 15 is 0 Å². The van der Waals surface area contributed by atoms with E-state index < -0.39 is 17.5 Å². The number of imide groups is 1. The molecule has 0 aliphatic carbocycles. The molecule has 0 radical (unpaired) electrons. The van der Waals surface area contributed by atoms with Crippen LogP contribution >= 0.6 is 11.3 Å². The SMILES string of the molecule is O=C(Nc1ccccc1)N1C(=O)C(=C(O)c2cccs2)c2cc(-c3nnn(C(c4ccccc4)(c4ccccc4)c4ccccc4)n3)ccc21. The Morgan fingerprint density at radius 1 is 0.720 bits per heavy atom. The Bertz CT molecular complexity index is 2250. The number of anilines is 2. The number of carbonyl (C=O) groups is 2. The third-order valence-electron chi connectivity index (χ3n) is 8.69. The monoisotopic (exact) mass is 672 g/mol. The van der Waals surface area contributed by atoms with Crippen LogP contribution in [-0.4, -0.2) is 37.3 Å². The van der Waals surface area contributed by atoms with E-state index in [0.717, 1.165) is 21.6 Å². The van der Waals surface area contributed by atoms with E-state index in [1.165, 1.54) is 11.3 Å². The van der Waals surface area contributed by atoms with Crippen molar-refractivity contribution < 1.29 is 14.7 Å². The highest BCUT2D eigenvalue weighted by Crippen LogP contribution is 2.44. The van der Waals surface area contributed by atoms with Crippen LogP contribution < -0.4 is 10.2 Å². The average molecular weight is 673 g/mol. The van der Waals surface area contributed by atoms with Gasteiger partial charge < -0.3 is 10.4 Å². The maximum Gasteiger partial charge on any atom is 0.333 e. The van der Waals surface area contributed by atoms with E-state index in [2.05, 4.69) is 15.6 Å². The molecule has 7 aromatic rings. The Labute approximate surface area is 291 Å². The van der Waals surface area contributed by atoms with Crippen molar-refractivity contribution in [1.82, 2.24) is 20.2 Å². The fourth-order valence-corrected chi connectivity index (χ4v) is 7.11. The van der Waals surface area contributed by atoms with Gasteiger partial charge in [-0.15, -0.1) is 26.3 Å². The molecule has 0 atom stereocenters. The average Bonchev–Trinajstić information content (AvgIpc) is 3.94. The Hall–Kier alpha value is -6.65. The van der Waals surface area contributed by atoms with Gasteiger partial charge in [-0.1, -0.05) is 115 Å². The van der Waals surface area contributed by atoms with Crippen LogP contribution in [0.1, 0.15) is 27.1 Å². The molecule has 3 heterocycles. The molecule has 10 heteroatoms. The summed E-state index contributed by atoms with van der Waals surface area (Å²) in [6, 6.07) is 47.0. The van der Waals surface area contributed by atoms with Crippen molar-refractivity contribution in [2.24, 2.45) is 0 Å². The molecule has 50 heavy (non-hydrogen) atoms. The van der Waals surface area contributed by atoms with Gasteiger partial charge in [-0.05, 0) is 63.7 Å². The van der Waals surface area contributed by atoms with Gasteiger partial charge in [0, 0.05) is 16.8 Å². The zero-order chi connectivity index (χ0) is 34.1. The lowest BCUT2D eigenvalue weighted by Gasteiger charge is -2.34. The van der Waals surface area contributed by atoms with Crippen LogP contribution in [0.2, 0.25) is 0 Å². The fraction of sp³-hybridized carbons (Fsp3) is 0.0250. The molecule has 2 aromatic heterocycles. The number of aliphatic hydroxyl groups excluding tert-OH is 1. The first kappa shape index (κ1) is 30.7. The molecule has 5 aromatic carbocycles. The first-order valence-corrected chi connectivity index (χ1v) is 16.7. The molecule has 242 valence electrons. The van der Waals surface area contributed by atoms with Crippen LogP contribution in [0, 0.1) is 0 Å². The minimum atomic E-state index is -0.976. The number of tetrazole rings is 1. The summed E-state index contributed by atoms with van der Waals surface area (Å²) >= 11 is 1.29. The van der Waals surface area contributed by atoms with Crippen LogP contribution in [0.25, 0.3) is 22.7 Å². The van der Waals surface area contributed by atoms with Gasteiger partial charge in [0.15, 0.2) is 5.54 Å². The van der Waals surface area contributed by atoms with Crippen LogP contribution in [0.15, 0.2) is 157 Å². The quantitative estimate of drug-likeness (QED) is 0.100. The molecular formula is C40H28N6O3S. The number of hydrogen-bond acceptors (Lipinski definition) is 7. The van der Waals surface area contributed by atoms with Crippen LogP contribution in [-0.2, 0) is 10.3 Å². The van der Waals surface area contributed by atoms with Crippen molar-refractivity contribution in [3.05, 3.63) is 184 Å². The van der Waals surface area contributed by atoms with E-state index in [1.54, 1.807) is 59.4 Å². The maximum atomic E-state index is 14.0. The second-order valence-electron chi connectivity index (χ2n) is 11.6. The number of urea groups is 1. The van der Waals surface area contributed by atoms with Gasteiger partial charge in [0.1, 0.15) is 5.76 Å². The van der Waals surface area contributed by atoms with E-state index in [9.17, 15) is 14.7 Å². The molecule has 0 unspecified atom stereocenters. The van der Waals surface area contributed by atoms with Crippen molar-refractivity contribution in [2.75, 3.05) is 10.2 Å². The summed E-state index contributed by atoms with van der Waals surface area (Å²) in [5.74, 6) is -0.565. The number of fused-ring (bicyclic) bond motifs is 1. The summed E-state index contributed by atoms with van der Waals surface area (Å²) in [5, 5.41) is 30.2. The summed E-state index contributed by atoms with van der Waals surface area (Å²) in [4.78, 5) is 30.7. The Morgan fingerprint density at radius 2 is 1.30 bits per heavy atom. The van der Waals surface area contributed by atoms with Gasteiger partial charge in [-0.2, -0.15) is 0 Å². The highest BCUT2D eigenvalue weighted by molar-refractivity contribution is 7.11. The summed E-state index contributed by atoms with van der Waals surface area (Å²) in [6.45, 7) is 0. The third-order valence-corrected chi connectivity index (χ3v) is 9.57. The smallest absolute Gasteiger partial charge is 0.333 e. The van der Waals surface area contributed by atoms with Gasteiger partial charge >= 0.3 is 6.03 Å². The second-order valence-corrected chi connectivity index (χ2v) is 12.5. The summed E-state index contributed by atoms with van der Waals surface area (Å²) in [7, 11) is 0. The minimum absolute atomic E-state index is 0.00658. The number of aliphatic hydroxyl groups is 1. The van der Waals surface area contributed by atoms with Crippen LogP contribution in [0.5, 0.6) is 0 Å². The standard InChI is InChI=1S/C40H28N6O3S/c47-36(34-22-13-25-50-34)35-32-26-27(23-24-33(32)45(38(35)48)39(49)41-31-20-11-4-12-21-31)37-42-44-46(43-37)40(28-14-5-1-6-15-28,29-16-7-2-8-17-29)30-18-9-3-10-19-30/h1-26,47H,(H,41,49). The number of amides is 3. The molecule has 0 fully saturated rings. The van der Waals surface area contributed by atoms with Gasteiger partial charge in [0.2, 0.25) is 5.82 Å². The molecule has 3 amide bonds. The zero-order valence-electron chi connectivity index (χ0n) is 26.4. The second kappa shape index (κ2) is 12.8. The number of rotatable bonds is 7. The Kier molecular flexibility index (Phi) is 7.82. The lowest BCUT2D eigenvalue weighted by molar-refractivity contribution is -0.112. The highest BCUT2D eigenvalue weighted by atomic mass is 32.1. The molecule has 1 aliphatic heterocycles. The normalized spacial score (nSPS) is 13.6. The number of thiophene rings is 1. The minimum Gasteiger partial charge on any atom is -0.506 e. The molecule has 2 N–H and O–H groups in total. The number of aromatic nitrogens is 4. The molecule has 1 aliphatic rings. The van der Waals surface area contributed by atoms with Crippen molar-refractivity contribution in [1.29, 1.82) is 0 Å². The molecule has 8 rings (SSSR count). The van der Waals surface area contributed by atoms with Crippen LogP contribution in [0.3, 0.4) is 0 Å². The first-order chi connectivity index (χ1) is 24.6. The van der Waals surface area contributed by atoms with E-state index in [4.69, 9.17) is 5.10 Å². The lowest BCUT2D eigenvalue weighted by atomic mass is 9.77. The summed E-state index contributed by atoms with van der Waals surface area (Å²) < 4.78 is 0. The molecule has 0 saturated heterocycles. The molecule has 0 saturated carbocycles. The number of para-hydroxylation sites is 1. The van der Waals surface area contributed by atoms with Crippen molar-refractivity contribution in [3.63, 3.8) is 0 Å². The Balaban J connectivity index is 1.28. The van der Waals surface area contributed by atoms with Crippen molar-refractivity contribution >= 4 is 46.0 Å². The van der Waals surface area contributed by atoms with E-state index in [1.807, 2.05) is 102 Å². The largest absolute Gasteiger partial charge is 0.506 e. The fourth-order valence-electron chi connectivity index (χ4n) is 6.43. The van der Waals surface area contributed by atoms with Crippen LogP contribution in [0.4, 0.5) is 16.2 Å². The summed E-state index contributed by atoms with van der Waals surface area (Å²) in [6.07, 6.45) is 0. The van der Waals surface area contributed by atoms with Gasteiger partial charge in [-0.25, -0.2) is 9.69 Å². The number of nitrogens with one attached hydrogen (secondary N) is 1. The van der Waals surface area contributed by atoms with E-state index in [-0.39, 0.29) is 11.3 Å². The predicted molar refractivity (Wildman–Crippen MR) is 195 cm³/mol. The number of hydrogen-bond donors (Lipinski definition) is 2. The first-order valence-electron chi connectivity index (χ1n) is 15.8. The maximum absolute atomic E-state index is 14.0. The summed E-state index contributed by atoms with van der Waals surface area (Å²) in [5.41, 5.74) is 3.62. The third kappa shape index (κ3) is 5.15. The zero-order valence-corrected chi connectivity index (χ0v) is 27.2. The van der Waals surface area contributed by atoms with Crippen molar-refractivity contribution in [3.8, 4) is 11.4 Å². The molecule has 0 spiro atoms. The number of carbonyl (C=O) groups excluding carboxylic acids is 2. The highest BCUT2D eigenvalue weighted by Gasteiger charge is 2.42. The van der Waals surface area contributed by atoms with Gasteiger partial charge in [0.25, 0.3) is 5.91 Å². The lowest BCUT2D eigenvalue weighted by Crippen LogP contribution is -2.39. The molecule has 0 bridgehead atoms. The molecular weight excluding hydrogens is 645 g/mol. The molecule has 9 nitrogen and oxygen atoms in total. The van der Waals surface area contributed by atoms with Gasteiger partial charge in [0.05, 0.1) is 16.1 Å². The predicted octanol–water partition coefficient (Wildman–Crippen LogP) is 8.25. The van der Waals surface area contributed by atoms with Gasteiger partial charge in [-0.3, -0.25) is 4.79 Å². The Morgan fingerprint density at radius 3 is 1.86 bits per heavy atom.